The van der Waals surface area contributed by atoms with Crippen molar-refractivity contribution in [1.82, 2.24) is 9.97 Å². The molecule has 144 valence electrons. The van der Waals surface area contributed by atoms with Gasteiger partial charge in [-0.15, -0.1) is 0 Å². The van der Waals surface area contributed by atoms with Crippen molar-refractivity contribution >= 4 is 23.1 Å². The van der Waals surface area contributed by atoms with Crippen LogP contribution >= 0.6 is 0 Å². The standard InChI is InChI=1S/C23H27N5/c1-27(2)20-13-11-19(12-14-20)24-22-17-21(18-9-5-3-6-10-18)25-23(26-22)28-15-7-4-8-16-28/h3,5-6,9-14,17H,4,7-8,15-16H2,1-2H3,(H,24,25,26). The Morgan fingerprint density at radius 1 is 0.857 bits per heavy atom. The van der Waals surface area contributed by atoms with E-state index in [0.29, 0.717) is 0 Å². The molecule has 0 saturated carbocycles. The van der Waals surface area contributed by atoms with E-state index in [9.17, 15) is 0 Å². The molecule has 4 rings (SSSR count). The van der Waals surface area contributed by atoms with Gasteiger partial charge in [0.1, 0.15) is 5.82 Å². The van der Waals surface area contributed by atoms with Gasteiger partial charge < -0.3 is 15.1 Å². The number of piperidine rings is 1. The number of aromatic nitrogens is 2. The molecule has 0 atom stereocenters. The number of anilines is 4. The maximum atomic E-state index is 4.87. The lowest BCUT2D eigenvalue weighted by Gasteiger charge is -2.27. The van der Waals surface area contributed by atoms with E-state index >= 15 is 0 Å². The normalized spacial score (nSPS) is 14.0. The van der Waals surface area contributed by atoms with E-state index in [2.05, 4.69) is 51.5 Å². The van der Waals surface area contributed by atoms with Gasteiger partial charge in [-0.1, -0.05) is 30.3 Å². The highest BCUT2D eigenvalue weighted by Gasteiger charge is 2.16. The van der Waals surface area contributed by atoms with E-state index in [1.807, 2.05) is 38.4 Å². The molecule has 1 fully saturated rings. The Kier molecular flexibility index (Phi) is 5.42. The van der Waals surface area contributed by atoms with Crippen LogP contribution in [0.5, 0.6) is 0 Å². The number of hydrogen-bond donors (Lipinski definition) is 1. The van der Waals surface area contributed by atoms with Gasteiger partial charge in [-0.3, -0.25) is 0 Å². The Hall–Kier alpha value is -3.08. The fourth-order valence-corrected chi connectivity index (χ4v) is 3.48. The van der Waals surface area contributed by atoms with Gasteiger partial charge >= 0.3 is 0 Å². The fraction of sp³-hybridized carbons (Fsp3) is 0.304. The molecule has 0 unspecified atom stereocenters. The Morgan fingerprint density at radius 3 is 2.25 bits per heavy atom. The molecule has 5 heteroatoms. The lowest BCUT2D eigenvalue weighted by molar-refractivity contribution is 0.568. The number of rotatable bonds is 5. The summed E-state index contributed by atoms with van der Waals surface area (Å²) < 4.78 is 0. The summed E-state index contributed by atoms with van der Waals surface area (Å²) in [6, 6.07) is 20.7. The average molecular weight is 374 g/mol. The minimum absolute atomic E-state index is 0.813. The van der Waals surface area contributed by atoms with Crippen LogP contribution in [0, 0.1) is 0 Å². The molecule has 3 aromatic rings. The van der Waals surface area contributed by atoms with Crippen molar-refractivity contribution in [3.8, 4) is 11.3 Å². The number of hydrogen-bond acceptors (Lipinski definition) is 5. The third kappa shape index (κ3) is 4.25. The van der Waals surface area contributed by atoms with E-state index in [0.717, 1.165) is 41.8 Å². The molecule has 1 saturated heterocycles. The Labute approximate surface area is 167 Å². The molecule has 1 N–H and O–H groups in total. The number of nitrogens with zero attached hydrogens (tertiary/aromatic N) is 4. The van der Waals surface area contributed by atoms with Crippen molar-refractivity contribution in [3.63, 3.8) is 0 Å². The molecule has 0 amide bonds. The van der Waals surface area contributed by atoms with Gasteiger partial charge in [0.2, 0.25) is 5.95 Å². The smallest absolute Gasteiger partial charge is 0.227 e. The summed E-state index contributed by atoms with van der Waals surface area (Å²) in [4.78, 5) is 14.1. The van der Waals surface area contributed by atoms with Crippen molar-refractivity contribution < 1.29 is 0 Å². The summed E-state index contributed by atoms with van der Waals surface area (Å²) in [5.74, 6) is 1.64. The fourth-order valence-electron chi connectivity index (χ4n) is 3.48. The van der Waals surface area contributed by atoms with Crippen LogP contribution in [-0.4, -0.2) is 37.2 Å². The zero-order valence-electron chi connectivity index (χ0n) is 16.6. The zero-order valence-corrected chi connectivity index (χ0v) is 16.6. The van der Waals surface area contributed by atoms with E-state index in [4.69, 9.17) is 9.97 Å². The largest absolute Gasteiger partial charge is 0.378 e. The zero-order chi connectivity index (χ0) is 19.3. The molecule has 0 bridgehead atoms. The molecule has 1 aromatic heterocycles. The topological polar surface area (TPSA) is 44.3 Å². The molecule has 1 aliphatic rings. The molecular formula is C23H27N5. The van der Waals surface area contributed by atoms with E-state index in [1.54, 1.807) is 0 Å². The van der Waals surface area contributed by atoms with Crippen LogP contribution in [0.2, 0.25) is 0 Å². The van der Waals surface area contributed by atoms with Crippen LogP contribution in [0.3, 0.4) is 0 Å². The summed E-state index contributed by atoms with van der Waals surface area (Å²) in [6.07, 6.45) is 3.69. The Bertz CT molecular complexity index is 900. The first-order valence-corrected chi connectivity index (χ1v) is 9.93. The van der Waals surface area contributed by atoms with Crippen LogP contribution in [0.1, 0.15) is 19.3 Å². The third-order valence-electron chi connectivity index (χ3n) is 5.08. The second-order valence-corrected chi connectivity index (χ2v) is 7.42. The van der Waals surface area contributed by atoms with Crippen molar-refractivity contribution in [1.29, 1.82) is 0 Å². The van der Waals surface area contributed by atoms with Crippen molar-refractivity contribution in [2.75, 3.05) is 42.3 Å². The highest BCUT2D eigenvalue weighted by atomic mass is 15.3. The van der Waals surface area contributed by atoms with Crippen molar-refractivity contribution in [2.45, 2.75) is 19.3 Å². The van der Waals surface area contributed by atoms with Crippen LogP contribution in [0.15, 0.2) is 60.7 Å². The van der Waals surface area contributed by atoms with Crippen LogP contribution in [0.4, 0.5) is 23.1 Å². The molecule has 2 aromatic carbocycles. The van der Waals surface area contributed by atoms with Crippen molar-refractivity contribution in [3.05, 3.63) is 60.7 Å². The molecule has 2 heterocycles. The van der Waals surface area contributed by atoms with Gasteiger partial charge in [0, 0.05) is 50.2 Å². The quantitative estimate of drug-likeness (QED) is 0.686. The van der Waals surface area contributed by atoms with Gasteiger partial charge in [0.25, 0.3) is 0 Å². The molecule has 0 aliphatic carbocycles. The SMILES string of the molecule is CN(C)c1ccc(Nc2cc(-c3ccccc3)nc(N3CCCCC3)n2)cc1. The Morgan fingerprint density at radius 2 is 1.57 bits per heavy atom. The first-order chi connectivity index (χ1) is 13.7. The van der Waals surface area contributed by atoms with Crippen LogP contribution < -0.4 is 15.1 Å². The summed E-state index contributed by atoms with van der Waals surface area (Å²) in [7, 11) is 4.09. The molecule has 1 aliphatic heterocycles. The van der Waals surface area contributed by atoms with Gasteiger partial charge in [0.05, 0.1) is 5.69 Å². The highest BCUT2D eigenvalue weighted by Crippen LogP contribution is 2.27. The van der Waals surface area contributed by atoms with E-state index in [-0.39, 0.29) is 0 Å². The Balaban J connectivity index is 1.66. The lowest BCUT2D eigenvalue weighted by Crippen LogP contribution is -2.31. The molecule has 0 spiro atoms. The summed E-state index contributed by atoms with van der Waals surface area (Å²) >= 11 is 0. The monoisotopic (exact) mass is 373 g/mol. The summed E-state index contributed by atoms with van der Waals surface area (Å²) in [5, 5.41) is 3.46. The number of nitrogens with one attached hydrogen (secondary N) is 1. The first kappa shape index (κ1) is 18.3. The van der Waals surface area contributed by atoms with Crippen LogP contribution in [0.25, 0.3) is 11.3 Å². The average Bonchev–Trinajstić information content (AvgIpc) is 2.75. The third-order valence-corrected chi connectivity index (χ3v) is 5.08. The van der Waals surface area contributed by atoms with E-state index < -0.39 is 0 Å². The molecular weight excluding hydrogens is 346 g/mol. The van der Waals surface area contributed by atoms with Crippen LogP contribution in [-0.2, 0) is 0 Å². The maximum absolute atomic E-state index is 4.87. The minimum Gasteiger partial charge on any atom is -0.378 e. The second kappa shape index (κ2) is 8.30. The van der Waals surface area contributed by atoms with Gasteiger partial charge in [-0.25, -0.2) is 4.98 Å². The molecule has 5 nitrogen and oxygen atoms in total. The summed E-state index contributed by atoms with van der Waals surface area (Å²) in [6.45, 7) is 2.05. The first-order valence-electron chi connectivity index (χ1n) is 9.93. The number of benzene rings is 2. The maximum Gasteiger partial charge on any atom is 0.227 e. The summed E-state index contributed by atoms with van der Waals surface area (Å²) in [5.41, 5.74) is 4.25. The van der Waals surface area contributed by atoms with Crippen molar-refractivity contribution in [2.24, 2.45) is 0 Å². The molecule has 28 heavy (non-hydrogen) atoms. The minimum atomic E-state index is 0.813. The van der Waals surface area contributed by atoms with Gasteiger partial charge in [0.15, 0.2) is 0 Å². The van der Waals surface area contributed by atoms with E-state index in [1.165, 1.54) is 24.9 Å². The van der Waals surface area contributed by atoms with Gasteiger partial charge in [-0.2, -0.15) is 4.98 Å². The predicted molar refractivity (Wildman–Crippen MR) is 118 cm³/mol. The predicted octanol–water partition coefficient (Wildman–Crippen LogP) is 4.94. The lowest BCUT2D eigenvalue weighted by atomic mass is 10.1. The highest BCUT2D eigenvalue weighted by molar-refractivity contribution is 5.68. The molecule has 0 radical (unpaired) electrons. The van der Waals surface area contributed by atoms with Gasteiger partial charge in [-0.05, 0) is 43.5 Å². The second-order valence-electron chi connectivity index (χ2n) is 7.42.